The summed E-state index contributed by atoms with van der Waals surface area (Å²) in [6, 6.07) is 3.89. The van der Waals surface area contributed by atoms with Crippen molar-refractivity contribution in [1.82, 2.24) is 9.97 Å². The molecule has 0 spiro atoms. The average molecular weight is 299 g/mol. The first-order chi connectivity index (χ1) is 7.59. The molecule has 0 bridgehead atoms. The van der Waals surface area contributed by atoms with E-state index < -0.39 is 0 Å². The minimum atomic E-state index is -0.123. The summed E-state index contributed by atoms with van der Waals surface area (Å²) in [5.41, 5.74) is 0.675. The van der Waals surface area contributed by atoms with Crippen LogP contribution in [0.15, 0.2) is 26.8 Å². The van der Waals surface area contributed by atoms with Gasteiger partial charge in [-0.25, -0.2) is 4.98 Å². The molecule has 0 unspecified atom stereocenters. The molecule has 0 saturated heterocycles. The number of hydrogen-bond donors (Lipinski definition) is 1. The first-order valence-corrected chi connectivity index (χ1v) is 6.60. The topological polar surface area (TPSA) is 45.8 Å². The van der Waals surface area contributed by atoms with Gasteiger partial charge in [-0.1, -0.05) is 19.9 Å². The molecule has 2 aromatic rings. The van der Waals surface area contributed by atoms with Crippen molar-refractivity contribution >= 4 is 27.3 Å². The summed E-state index contributed by atoms with van der Waals surface area (Å²) in [4.78, 5) is 20.0. The van der Waals surface area contributed by atoms with Crippen LogP contribution < -0.4 is 5.56 Å². The van der Waals surface area contributed by atoms with Crippen molar-refractivity contribution in [2.45, 2.75) is 19.8 Å². The zero-order chi connectivity index (χ0) is 11.7. The Hall–Kier alpha value is -0.940. The van der Waals surface area contributed by atoms with Crippen molar-refractivity contribution in [3.63, 3.8) is 0 Å². The molecule has 3 nitrogen and oxygen atoms in total. The second-order valence-corrected chi connectivity index (χ2v) is 5.49. The van der Waals surface area contributed by atoms with E-state index in [0.717, 1.165) is 10.6 Å². The Balaban J connectivity index is 2.62. The first kappa shape index (κ1) is 11.5. The van der Waals surface area contributed by atoms with Gasteiger partial charge in [-0.15, -0.1) is 11.3 Å². The summed E-state index contributed by atoms with van der Waals surface area (Å²) < 4.78 is 0.530. The molecule has 2 rings (SSSR count). The van der Waals surface area contributed by atoms with Crippen molar-refractivity contribution in [1.29, 1.82) is 0 Å². The van der Waals surface area contributed by atoms with Gasteiger partial charge in [0.15, 0.2) is 5.82 Å². The number of halogens is 1. The van der Waals surface area contributed by atoms with Crippen LogP contribution in [-0.2, 0) is 0 Å². The van der Waals surface area contributed by atoms with Crippen LogP contribution in [0.2, 0.25) is 0 Å². The molecule has 0 aliphatic heterocycles. The number of thiophene rings is 1. The molecule has 0 aliphatic rings. The third-order valence-electron chi connectivity index (χ3n) is 2.19. The van der Waals surface area contributed by atoms with E-state index in [0.29, 0.717) is 10.3 Å². The molecule has 0 aliphatic carbocycles. The molecule has 0 aromatic carbocycles. The van der Waals surface area contributed by atoms with Gasteiger partial charge < -0.3 is 4.98 Å². The van der Waals surface area contributed by atoms with E-state index in [1.807, 2.05) is 31.4 Å². The number of hydrogen-bond acceptors (Lipinski definition) is 3. The lowest BCUT2D eigenvalue weighted by atomic mass is 10.1. The second kappa shape index (κ2) is 4.51. The fourth-order valence-electron chi connectivity index (χ4n) is 1.39. The molecule has 2 aromatic heterocycles. The summed E-state index contributed by atoms with van der Waals surface area (Å²) >= 11 is 4.84. The van der Waals surface area contributed by atoms with Crippen molar-refractivity contribution in [3.05, 3.63) is 38.0 Å². The maximum Gasteiger partial charge on any atom is 0.265 e. The molecule has 0 amide bonds. The van der Waals surface area contributed by atoms with Gasteiger partial charge in [0.1, 0.15) is 4.47 Å². The lowest BCUT2D eigenvalue weighted by Gasteiger charge is -2.08. The van der Waals surface area contributed by atoms with Gasteiger partial charge in [0.05, 0.1) is 10.6 Å². The van der Waals surface area contributed by atoms with Crippen LogP contribution in [0.1, 0.15) is 25.5 Å². The predicted octanol–water partition coefficient (Wildman–Crippen LogP) is 3.38. The Bertz CT molecular complexity index is 546. The van der Waals surface area contributed by atoms with Gasteiger partial charge in [0.2, 0.25) is 0 Å². The van der Waals surface area contributed by atoms with E-state index in [-0.39, 0.29) is 11.5 Å². The molecule has 1 N–H and O–H groups in total. The third-order valence-corrected chi connectivity index (χ3v) is 3.83. The van der Waals surface area contributed by atoms with Gasteiger partial charge in [0, 0.05) is 0 Å². The number of nitrogens with zero attached hydrogens (tertiary/aromatic N) is 1. The summed E-state index contributed by atoms with van der Waals surface area (Å²) in [5, 5.41) is 1.96. The van der Waals surface area contributed by atoms with E-state index in [2.05, 4.69) is 25.9 Å². The zero-order valence-electron chi connectivity index (χ0n) is 8.95. The summed E-state index contributed by atoms with van der Waals surface area (Å²) in [5.74, 6) is 0.863. The Morgan fingerprint density at radius 3 is 2.81 bits per heavy atom. The maximum absolute atomic E-state index is 11.7. The van der Waals surface area contributed by atoms with Crippen LogP contribution in [-0.4, -0.2) is 9.97 Å². The van der Waals surface area contributed by atoms with Crippen LogP contribution >= 0.6 is 27.3 Å². The molecule has 5 heteroatoms. The van der Waals surface area contributed by atoms with Crippen molar-refractivity contribution in [2.24, 2.45) is 0 Å². The molecule has 16 heavy (non-hydrogen) atoms. The Morgan fingerprint density at radius 1 is 1.50 bits per heavy atom. The van der Waals surface area contributed by atoms with Crippen molar-refractivity contribution in [2.75, 3.05) is 0 Å². The fourth-order valence-corrected chi connectivity index (χ4v) is 2.70. The molecule has 2 heterocycles. The van der Waals surface area contributed by atoms with Crippen molar-refractivity contribution < 1.29 is 0 Å². The Labute approximate surface area is 106 Å². The summed E-state index contributed by atoms with van der Waals surface area (Å²) in [6.45, 7) is 4.04. The Morgan fingerprint density at radius 2 is 2.25 bits per heavy atom. The number of rotatable bonds is 2. The van der Waals surface area contributed by atoms with Gasteiger partial charge in [-0.2, -0.15) is 0 Å². The fraction of sp³-hybridized carbons (Fsp3) is 0.273. The van der Waals surface area contributed by atoms with Crippen LogP contribution in [0, 0.1) is 0 Å². The predicted molar refractivity (Wildman–Crippen MR) is 70.0 cm³/mol. The largest absolute Gasteiger partial charge is 0.305 e. The van der Waals surface area contributed by atoms with Gasteiger partial charge in [-0.05, 0) is 33.3 Å². The molecular formula is C11H11BrN2OS. The third kappa shape index (κ3) is 2.10. The van der Waals surface area contributed by atoms with E-state index in [9.17, 15) is 4.79 Å². The highest BCUT2D eigenvalue weighted by atomic mass is 79.9. The second-order valence-electron chi connectivity index (χ2n) is 3.75. The van der Waals surface area contributed by atoms with Gasteiger partial charge in [-0.3, -0.25) is 4.79 Å². The maximum atomic E-state index is 11.7. The minimum Gasteiger partial charge on any atom is -0.305 e. The lowest BCUT2D eigenvalue weighted by molar-refractivity contribution is 0.804. The molecule has 84 valence electrons. The van der Waals surface area contributed by atoms with E-state index in [4.69, 9.17) is 0 Å². The first-order valence-electron chi connectivity index (χ1n) is 4.93. The number of H-pyrrole nitrogens is 1. The van der Waals surface area contributed by atoms with Crippen LogP contribution in [0.4, 0.5) is 0 Å². The minimum absolute atomic E-state index is 0.123. The highest BCUT2D eigenvalue weighted by Gasteiger charge is 2.13. The number of aromatic nitrogens is 2. The molecule has 0 fully saturated rings. The molecular weight excluding hydrogens is 288 g/mol. The highest BCUT2D eigenvalue weighted by molar-refractivity contribution is 9.10. The number of aromatic amines is 1. The van der Waals surface area contributed by atoms with E-state index in [1.54, 1.807) is 11.3 Å². The quantitative estimate of drug-likeness (QED) is 0.924. The monoisotopic (exact) mass is 298 g/mol. The van der Waals surface area contributed by atoms with Gasteiger partial charge in [0.25, 0.3) is 5.56 Å². The lowest BCUT2D eigenvalue weighted by Crippen LogP contribution is -2.14. The normalized spacial score (nSPS) is 11.0. The van der Waals surface area contributed by atoms with Crippen LogP contribution in [0.25, 0.3) is 10.7 Å². The smallest absolute Gasteiger partial charge is 0.265 e. The summed E-state index contributed by atoms with van der Waals surface area (Å²) in [6.07, 6.45) is 0. The van der Waals surface area contributed by atoms with Crippen LogP contribution in [0.5, 0.6) is 0 Å². The summed E-state index contributed by atoms with van der Waals surface area (Å²) in [7, 11) is 0. The van der Waals surface area contributed by atoms with E-state index >= 15 is 0 Å². The highest BCUT2D eigenvalue weighted by Crippen LogP contribution is 2.24. The van der Waals surface area contributed by atoms with E-state index in [1.165, 1.54) is 0 Å². The van der Waals surface area contributed by atoms with Crippen molar-refractivity contribution in [3.8, 4) is 10.7 Å². The molecule has 0 radical (unpaired) electrons. The zero-order valence-corrected chi connectivity index (χ0v) is 11.4. The standard InChI is InChI=1S/C11H11BrN2OS/c1-6(2)9-8(12)11(15)14-10(13-9)7-4-3-5-16-7/h3-6H,1-2H3,(H,13,14,15). The molecule has 0 atom stereocenters. The SMILES string of the molecule is CC(C)c1nc(-c2cccs2)[nH]c(=O)c1Br. The number of nitrogens with one attached hydrogen (secondary N) is 1. The average Bonchev–Trinajstić information content (AvgIpc) is 2.74. The van der Waals surface area contributed by atoms with Gasteiger partial charge >= 0.3 is 0 Å². The Kier molecular flexibility index (Phi) is 3.25. The van der Waals surface area contributed by atoms with Crippen LogP contribution in [0.3, 0.4) is 0 Å². The molecule has 0 saturated carbocycles.